The van der Waals surface area contributed by atoms with Crippen LogP contribution in [0.3, 0.4) is 0 Å². The smallest absolute Gasteiger partial charge is 0.254 e. The molecule has 17 heavy (non-hydrogen) atoms. The molecule has 5 heteroatoms. The van der Waals surface area contributed by atoms with Crippen molar-refractivity contribution in [3.63, 3.8) is 0 Å². The topological polar surface area (TPSA) is 46.3 Å². The molecule has 2 N–H and O–H groups in total. The van der Waals surface area contributed by atoms with E-state index in [2.05, 4.69) is 15.9 Å². The summed E-state index contributed by atoms with van der Waals surface area (Å²) in [5.74, 6) is 0.0373. The van der Waals surface area contributed by atoms with Gasteiger partial charge in [0.2, 0.25) is 0 Å². The van der Waals surface area contributed by atoms with E-state index < -0.39 is 0 Å². The first-order chi connectivity index (χ1) is 8.13. The van der Waals surface area contributed by atoms with Crippen molar-refractivity contribution in [2.24, 2.45) is 5.73 Å². The van der Waals surface area contributed by atoms with E-state index in [1.54, 1.807) is 18.2 Å². The van der Waals surface area contributed by atoms with Gasteiger partial charge < -0.3 is 10.6 Å². The molecule has 1 atom stereocenters. The fourth-order valence-corrected chi connectivity index (χ4v) is 2.64. The Morgan fingerprint density at radius 2 is 2.35 bits per heavy atom. The molecule has 1 aliphatic rings. The Kier molecular flexibility index (Phi) is 4.07. The third kappa shape index (κ3) is 2.64. The quantitative estimate of drug-likeness (QED) is 0.911. The number of amides is 1. The first kappa shape index (κ1) is 12.9. The first-order valence-electron chi connectivity index (χ1n) is 5.59. The molecule has 1 heterocycles. The zero-order valence-corrected chi connectivity index (χ0v) is 11.7. The SMILES string of the molecule is NCC1CCCN1C(=O)c1ccc(Cl)c(Br)c1. The molecule has 1 aromatic rings. The highest BCUT2D eigenvalue weighted by Crippen LogP contribution is 2.25. The lowest BCUT2D eigenvalue weighted by Gasteiger charge is -2.23. The molecule has 0 aliphatic carbocycles. The zero-order chi connectivity index (χ0) is 12.4. The van der Waals surface area contributed by atoms with Crippen molar-refractivity contribution in [1.29, 1.82) is 0 Å². The van der Waals surface area contributed by atoms with Gasteiger partial charge in [-0.15, -0.1) is 0 Å². The maximum Gasteiger partial charge on any atom is 0.254 e. The monoisotopic (exact) mass is 316 g/mol. The molecule has 1 fully saturated rings. The number of carbonyl (C=O) groups is 1. The van der Waals surface area contributed by atoms with E-state index in [1.165, 1.54) is 0 Å². The average Bonchev–Trinajstić information content (AvgIpc) is 2.80. The van der Waals surface area contributed by atoms with Crippen LogP contribution in [0.5, 0.6) is 0 Å². The van der Waals surface area contributed by atoms with Gasteiger partial charge in [0, 0.05) is 29.2 Å². The molecule has 1 saturated heterocycles. The largest absolute Gasteiger partial charge is 0.334 e. The van der Waals surface area contributed by atoms with Crippen molar-refractivity contribution in [1.82, 2.24) is 4.90 Å². The normalized spacial score (nSPS) is 19.7. The molecular formula is C12H14BrClN2O. The number of nitrogens with two attached hydrogens (primary N) is 1. The Morgan fingerprint density at radius 3 is 3.00 bits per heavy atom. The highest BCUT2D eigenvalue weighted by atomic mass is 79.9. The van der Waals surface area contributed by atoms with Crippen LogP contribution in [0.25, 0.3) is 0 Å². The number of hydrogen-bond acceptors (Lipinski definition) is 2. The van der Waals surface area contributed by atoms with Crippen LogP contribution < -0.4 is 5.73 Å². The maximum atomic E-state index is 12.3. The standard InChI is InChI=1S/C12H14BrClN2O/c13-10-6-8(3-4-11(10)14)12(17)16-5-1-2-9(16)7-15/h3-4,6,9H,1-2,5,7,15H2. The van der Waals surface area contributed by atoms with Gasteiger partial charge in [0.25, 0.3) is 5.91 Å². The summed E-state index contributed by atoms with van der Waals surface area (Å²) in [4.78, 5) is 14.1. The van der Waals surface area contributed by atoms with Crippen molar-refractivity contribution in [3.05, 3.63) is 33.3 Å². The Bertz CT molecular complexity index is 439. The first-order valence-corrected chi connectivity index (χ1v) is 6.76. The molecule has 0 saturated carbocycles. The third-order valence-electron chi connectivity index (χ3n) is 3.08. The van der Waals surface area contributed by atoms with Gasteiger partial charge in [0.1, 0.15) is 0 Å². The van der Waals surface area contributed by atoms with Gasteiger partial charge in [0.05, 0.1) is 5.02 Å². The van der Waals surface area contributed by atoms with E-state index in [-0.39, 0.29) is 11.9 Å². The van der Waals surface area contributed by atoms with Crippen LogP contribution in [-0.4, -0.2) is 29.9 Å². The minimum atomic E-state index is 0.0373. The summed E-state index contributed by atoms with van der Waals surface area (Å²) in [7, 11) is 0. The number of rotatable bonds is 2. The molecule has 0 aromatic heterocycles. The Balaban J connectivity index is 2.21. The molecular weight excluding hydrogens is 304 g/mol. The number of halogens is 2. The second-order valence-electron chi connectivity index (χ2n) is 4.16. The summed E-state index contributed by atoms with van der Waals surface area (Å²) >= 11 is 9.24. The fourth-order valence-electron chi connectivity index (χ4n) is 2.14. The van der Waals surface area contributed by atoms with Crippen molar-refractivity contribution in [3.8, 4) is 0 Å². The van der Waals surface area contributed by atoms with Crippen LogP contribution in [0.1, 0.15) is 23.2 Å². The van der Waals surface area contributed by atoms with E-state index in [0.717, 1.165) is 23.9 Å². The van der Waals surface area contributed by atoms with Crippen LogP contribution in [0, 0.1) is 0 Å². The van der Waals surface area contributed by atoms with Gasteiger partial charge >= 0.3 is 0 Å². The number of nitrogens with zero attached hydrogens (tertiary/aromatic N) is 1. The summed E-state index contributed by atoms with van der Waals surface area (Å²) in [6, 6.07) is 5.42. The average molecular weight is 318 g/mol. The predicted octanol–water partition coefficient (Wildman–Crippen LogP) is 2.67. The molecule has 0 spiro atoms. The molecule has 1 amide bonds. The van der Waals surface area contributed by atoms with E-state index in [0.29, 0.717) is 17.1 Å². The third-order valence-corrected chi connectivity index (χ3v) is 4.29. The van der Waals surface area contributed by atoms with Crippen LogP contribution >= 0.6 is 27.5 Å². The van der Waals surface area contributed by atoms with Crippen molar-refractivity contribution in [2.45, 2.75) is 18.9 Å². The van der Waals surface area contributed by atoms with Crippen LogP contribution in [0.4, 0.5) is 0 Å². The minimum absolute atomic E-state index is 0.0373. The van der Waals surface area contributed by atoms with Crippen LogP contribution in [0.2, 0.25) is 5.02 Å². The number of benzene rings is 1. The highest BCUT2D eigenvalue weighted by molar-refractivity contribution is 9.10. The summed E-state index contributed by atoms with van der Waals surface area (Å²) in [6.07, 6.45) is 2.03. The number of hydrogen-bond donors (Lipinski definition) is 1. The second-order valence-corrected chi connectivity index (χ2v) is 5.42. The molecule has 1 aliphatic heterocycles. The molecule has 1 unspecified atom stereocenters. The Morgan fingerprint density at radius 1 is 1.59 bits per heavy atom. The number of carbonyl (C=O) groups excluding carboxylic acids is 1. The summed E-state index contributed by atoms with van der Waals surface area (Å²) in [5, 5.41) is 0.610. The van der Waals surface area contributed by atoms with Gasteiger partial charge in [-0.05, 0) is 47.0 Å². The molecule has 0 bridgehead atoms. The van der Waals surface area contributed by atoms with Gasteiger partial charge in [-0.2, -0.15) is 0 Å². The van der Waals surface area contributed by atoms with Gasteiger partial charge in [0.15, 0.2) is 0 Å². The van der Waals surface area contributed by atoms with Crippen molar-refractivity contribution >= 4 is 33.4 Å². The van der Waals surface area contributed by atoms with E-state index in [9.17, 15) is 4.79 Å². The molecule has 3 nitrogen and oxygen atoms in total. The van der Waals surface area contributed by atoms with Gasteiger partial charge in [-0.25, -0.2) is 0 Å². The number of likely N-dealkylation sites (tertiary alicyclic amines) is 1. The highest BCUT2D eigenvalue weighted by Gasteiger charge is 2.28. The lowest BCUT2D eigenvalue weighted by atomic mass is 10.1. The van der Waals surface area contributed by atoms with Crippen molar-refractivity contribution in [2.75, 3.05) is 13.1 Å². The van der Waals surface area contributed by atoms with Crippen LogP contribution in [0.15, 0.2) is 22.7 Å². The maximum absolute atomic E-state index is 12.3. The van der Waals surface area contributed by atoms with Gasteiger partial charge in [-0.3, -0.25) is 4.79 Å². The predicted molar refractivity (Wildman–Crippen MR) is 72.3 cm³/mol. The molecule has 2 rings (SSSR count). The van der Waals surface area contributed by atoms with Gasteiger partial charge in [-0.1, -0.05) is 11.6 Å². The lowest BCUT2D eigenvalue weighted by Crippen LogP contribution is -2.39. The second kappa shape index (κ2) is 5.38. The van der Waals surface area contributed by atoms with E-state index >= 15 is 0 Å². The van der Waals surface area contributed by atoms with Crippen molar-refractivity contribution < 1.29 is 4.79 Å². The Hall–Kier alpha value is -0.580. The lowest BCUT2D eigenvalue weighted by molar-refractivity contribution is 0.0741. The molecule has 1 aromatic carbocycles. The van der Waals surface area contributed by atoms with E-state index in [1.807, 2.05) is 4.90 Å². The molecule has 0 radical (unpaired) electrons. The Labute approximate surface area is 114 Å². The summed E-state index contributed by atoms with van der Waals surface area (Å²) in [5.41, 5.74) is 6.32. The van der Waals surface area contributed by atoms with E-state index in [4.69, 9.17) is 17.3 Å². The minimum Gasteiger partial charge on any atom is -0.334 e. The zero-order valence-electron chi connectivity index (χ0n) is 9.33. The molecule has 92 valence electrons. The summed E-state index contributed by atoms with van der Waals surface area (Å²) < 4.78 is 0.744. The summed E-state index contributed by atoms with van der Waals surface area (Å²) in [6.45, 7) is 1.32. The van der Waals surface area contributed by atoms with Crippen LogP contribution in [-0.2, 0) is 0 Å². The fraction of sp³-hybridized carbons (Fsp3) is 0.417.